The number of hydrogen-bond donors (Lipinski definition) is 1. The maximum absolute atomic E-state index is 6.09. The molecule has 1 heterocycles. The highest BCUT2D eigenvalue weighted by Gasteiger charge is 2.14. The molecule has 0 aromatic heterocycles. The minimum atomic E-state index is 0.824. The summed E-state index contributed by atoms with van der Waals surface area (Å²) in [6.45, 7) is 0. The molecular weight excluding hydrogens is 202 g/mol. The molecule has 3 rings (SSSR count). The van der Waals surface area contributed by atoms with Gasteiger partial charge in [-0.2, -0.15) is 0 Å². The van der Waals surface area contributed by atoms with Crippen molar-refractivity contribution in [3.8, 4) is 0 Å². The van der Waals surface area contributed by atoms with E-state index < -0.39 is 0 Å². The highest BCUT2D eigenvalue weighted by atomic mass is 35.5. The van der Waals surface area contributed by atoms with Gasteiger partial charge >= 0.3 is 0 Å². The molecular formula is C10H6ClNS. The SMILES string of the molecule is Clc1ccc2c3c(cccc13)NS2. The van der Waals surface area contributed by atoms with Crippen molar-refractivity contribution in [3.63, 3.8) is 0 Å². The first kappa shape index (κ1) is 7.54. The first-order valence-electron chi connectivity index (χ1n) is 4.00. The Morgan fingerprint density at radius 3 is 3.00 bits per heavy atom. The first-order valence-corrected chi connectivity index (χ1v) is 5.20. The normalized spacial score (nSPS) is 13.3. The quantitative estimate of drug-likeness (QED) is 0.657. The summed E-state index contributed by atoms with van der Waals surface area (Å²) >= 11 is 7.74. The molecule has 0 amide bonds. The van der Waals surface area contributed by atoms with Gasteiger partial charge in [-0.05, 0) is 30.1 Å². The molecule has 0 spiro atoms. The van der Waals surface area contributed by atoms with Crippen molar-refractivity contribution in [2.24, 2.45) is 0 Å². The van der Waals surface area contributed by atoms with Crippen LogP contribution >= 0.6 is 23.5 Å². The van der Waals surface area contributed by atoms with Gasteiger partial charge in [0.05, 0.1) is 5.69 Å². The monoisotopic (exact) mass is 207 g/mol. The lowest BCUT2D eigenvalue weighted by Crippen LogP contribution is -1.77. The summed E-state index contributed by atoms with van der Waals surface area (Å²) in [7, 11) is 0. The molecule has 2 aromatic rings. The van der Waals surface area contributed by atoms with Crippen LogP contribution in [0.3, 0.4) is 0 Å². The smallest absolute Gasteiger partial charge is 0.0534 e. The molecule has 13 heavy (non-hydrogen) atoms. The zero-order valence-electron chi connectivity index (χ0n) is 6.67. The molecule has 1 N–H and O–H groups in total. The van der Waals surface area contributed by atoms with E-state index >= 15 is 0 Å². The number of rotatable bonds is 0. The minimum absolute atomic E-state index is 0.824. The Morgan fingerprint density at radius 2 is 2.08 bits per heavy atom. The number of hydrogen-bond acceptors (Lipinski definition) is 2. The van der Waals surface area contributed by atoms with E-state index in [-0.39, 0.29) is 0 Å². The van der Waals surface area contributed by atoms with Crippen LogP contribution in [0.2, 0.25) is 5.02 Å². The topological polar surface area (TPSA) is 12.0 Å². The van der Waals surface area contributed by atoms with Gasteiger partial charge in [0.15, 0.2) is 0 Å². The molecule has 1 aliphatic heterocycles. The van der Waals surface area contributed by atoms with Crippen LogP contribution in [0.25, 0.3) is 10.8 Å². The van der Waals surface area contributed by atoms with E-state index in [1.54, 1.807) is 11.9 Å². The maximum atomic E-state index is 6.09. The van der Waals surface area contributed by atoms with Crippen LogP contribution in [0.5, 0.6) is 0 Å². The molecule has 0 saturated carbocycles. The summed E-state index contributed by atoms with van der Waals surface area (Å²) < 4.78 is 3.26. The van der Waals surface area contributed by atoms with Gasteiger partial charge in [0.2, 0.25) is 0 Å². The standard InChI is InChI=1S/C10H6ClNS/c11-7-4-5-9-10-6(7)2-1-3-8(10)12-13-9/h1-5,12H. The fourth-order valence-corrected chi connectivity index (χ4v) is 2.69. The van der Waals surface area contributed by atoms with E-state index in [0.29, 0.717) is 0 Å². The number of benzene rings is 2. The number of nitrogens with one attached hydrogen (secondary N) is 1. The average Bonchev–Trinajstić information content (AvgIpc) is 2.57. The van der Waals surface area contributed by atoms with Crippen molar-refractivity contribution in [2.75, 3.05) is 4.72 Å². The molecule has 0 fully saturated rings. The second-order valence-corrected chi connectivity index (χ2v) is 4.23. The third-order valence-corrected chi connectivity index (χ3v) is 3.43. The highest BCUT2D eigenvalue weighted by Crippen LogP contribution is 2.42. The first-order chi connectivity index (χ1) is 6.36. The largest absolute Gasteiger partial charge is 0.325 e. The Labute approximate surface area is 85.2 Å². The van der Waals surface area contributed by atoms with Gasteiger partial charge in [-0.15, -0.1) is 0 Å². The van der Waals surface area contributed by atoms with Crippen molar-refractivity contribution in [1.82, 2.24) is 0 Å². The van der Waals surface area contributed by atoms with Gasteiger partial charge in [0.1, 0.15) is 0 Å². The van der Waals surface area contributed by atoms with Crippen LogP contribution in [-0.4, -0.2) is 0 Å². The highest BCUT2D eigenvalue weighted by molar-refractivity contribution is 8.01. The van der Waals surface area contributed by atoms with Crippen molar-refractivity contribution < 1.29 is 0 Å². The number of halogens is 1. The van der Waals surface area contributed by atoms with Crippen LogP contribution in [0.15, 0.2) is 35.2 Å². The summed E-state index contributed by atoms with van der Waals surface area (Å²) in [4.78, 5) is 1.26. The molecule has 0 unspecified atom stereocenters. The van der Waals surface area contributed by atoms with E-state index in [0.717, 1.165) is 10.4 Å². The summed E-state index contributed by atoms with van der Waals surface area (Å²) in [6, 6.07) is 10.1. The van der Waals surface area contributed by atoms with E-state index in [1.165, 1.54) is 16.0 Å². The zero-order valence-corrected chi connectivity index (χ0v) is 8.25. The molecule has 0 saturated heterocycles. The lowest BCUT2D eigenvalue weighted by molar-refractivity contribution is 1.58. The van der Waals surface area contributed by atoms with Crippen molar-refractivity contribution in [3.05, 3.63) is 35.4 Å². The predicted octanol–water partition coefficient (Wildman–Crippen LogP) is 3.93. The molecule has 3 heteroatoms. The summed E-state index contributed by atoms with van der Waals surface area (Å²) in [5.74, 6) is 0. The fourth-order valence-electron chi connectivity index (χ4n) is 1.62. The third kappa shape index (κ3) is 0.960. The zero-order chi connectivity index (χ0) is 8.84. The fraction of sp³-hybridized carbons (Fsp3) is 0. The summed E-state index contributed by atoms with van der Waals surface area (Å²) in [5, 5.41) is 3.21. The second-order valence-electron chi connectivity index (χ2n) is 2.98. The Morgan fingerprint density at radius 1 is 1.15 bits per heavy atom. The van der Waals surface area contributed by atoms with Gasteiger partial charge in [-0.25, -0.2) is 0 Å². The third-order valence-electron chi connectivity index (χ3n) is 2.22. The molecule has 1 aliphatic rings. The van der Waals surface area contributed by atoms with Crippen molar-refractivity contribution in [1.29, 1.82) is 0 Å². The maximum Gasteiger partial charge on any atom is 0.0534 e. The van der Waals surface area contributed by atoms with Gasteiger partial charge in [-0.3, -0.25) is 0 Å². The van der Waals surface area contributed by atoms with E-state index in [1.807, 2.05) is 12.1 Å². The summed E-state index contributed by atoms with van der Waals surface area (Å²) in [5.41, 5.74) is 1.17. The minimum Gasteiger partial charge on any atom is -0.325 e. The van der Waals surface area contributed by atoms with E-state index in [4.69, 9.17) is 11.6 Å². The Kier molecular flexibility index (Phi) is 1.49. The average molecular weight is 208 g/mol. The molecule has 0 aliphatic carbocycles. The van der Waals surface area contributed by atoms with Crippen molar-refractivity contribution in [2.45, 2.75) is 4.90 Å². The lowest BCUT2D eigenvalue weighted by Gasteiger charge is -2.00. The van der Waals surface area contributed by atoms with E-state index in [2.05, 4.69) is 22.9 Å². The van der Waals surface area contributed by atoms with Crippen LogP contribution in [0, 0.1) is 0 Å². The van der Waals surface area contributed by atoms with Crippen LogP contribution in [0.1, 0.15) is 0 Å². The van der Waals surface area contributed by atoms with Crippen LogP contribution < -0.4 is 4.72 Å². The Balaban J connectivity index is 2.58. The molecule has 0 radical (unpaired) electrons. The number of anilines is 1. The molecule has 0 bridgehead atoms. The van der Waals surface area contributed by atoms with Gasteiger partial charge < -0.3 is 4.72 Å². The van der Waals surface area contributed by atoms with Crippen LogP contribution in [-0.2, 0) is 0 Å². The molecule has 1 nitrogen and oxygen atoms in total. The molecule has 64 valence electrons. The van der Waals surface area contributed by atoms with Gasteiger partial charge in [0, 0.05) is 20.7 Å². The Bertz CT molecular complexity index is 485. The van der Waals surface area contributed by atoms with E-state index in [9.17, 15) is 0 Å². The molecule has 2 aromatic carbocycles. The van der Waals surface area contributed by atoms with Gasteiger partial charge in [0.25, 0.3) is 0 Å². The van der Waals surface area contributed by atoms with Crippen LogP contribution in [0.4, 0.5) is 5.69 Å². The van der Waals surface area contributed by atoms with Gasteiger partial charge in [-0.1, -0.05) is 23.7 Å². The lowest BCUT2D eigenvalue weighted by atomic mass is 10.1. The Hall–Kier alpha value is -0.860. The molecule has 0 atom stereocenters. The van der Waals surface area contributed by atoms with Crippen molar-refractivity contribution >= 4 is 40.0 Å². The predicted molar refractivity (Wildman–Crippen MR) is 58.4 cm³/mol. The summed E-state index contributed by atoms with van der Waals surface area (Å²) in [6.07, 6.45) is 0. The second kappa shape index (κ2) is 2.56.